The highest BCUT2D eigenvalue weighted by atomic mass is 32.2. The van der Waals surface area contributed by atoms with Gasteiger partial charge in [-0.25, -0.2) is 8.42 Å². The van der Waals surface area contributed by atoms with E-state index in [1.165, 1.54) is 5.56 Å². The van der Waals surface area contributed by atoms with Gasteiger partial charge in [-0.05, 0) is 74.3 Å². The van der Waals surface area contributed by atoms with Crippen LogP contribution in [0.5, 0.6) is 0 Å². The normalized spacial score (nSPS) is 18.2. The van der Waals surface area contributed by atoms with Gasteiger partial charge in [0.15, 0.2) is 0 Å². The number of nitrogens with zero attached hydrogens (tertiary/aromatic N) is 2. The second-order valence-electron chi connectivity index (χ2n) is 9.71. The first-order valence-corrected chi connectivity index (χ1v) is 14.1. The van der Waals surface area contributed by atoms with E-state index < -0.39 is 10.0 Å². The fourth-order valence-corrected chi connectivity index (χ4v) is 6.32. The predicted molar refractivity (Wildman–Crippen MR) is 142 cm³/mol. The molecule has 1 saturated carbocycles. The van der Waals surface area contributed by atoms with Crippen molar-refractivity contribution < 1.29 is 13.2 Å². The lowest BCUT2D eigenvalue weighted by molar-refractivity contribution is -0.126. The van der Waals surface area contributed by atoms with Gasteiger partial charge in [0.1, 0.15) is 0 Å². The minimum atomic E-state index is -3.61. The molecule has 0 saturated heterocycles. The highest BCUT2D eigenvalue weighted by Gasteiger charge is 2.31. The number of hydrogen-bond acceptors (Lipinski definition) is 4. The number of carbonyl (C=O) groups is 1. The van der Waals surface area contributed by atoms with Gasteiger partial charge in [0.25, 0.3) is 0 Å². The summed E-state index contributed by atoms with van der Waals surface area (Å²) < 4.78 is 28.6. The number of nitrogens with one attached hydrogen (secondary N) is 1. The molecule has 1 fully saturated rings. The third-order valence-electron chi connectivity index (χ3n) is 7.02. The van der Waals surface area contributed by atoms with Crippen LogP contribution in [0.25, 0.3) is 0 Å². The number of hydrogen-bond donors (Lipinski definition) is 1. The predicted octanol–water partition coefficient (Wildman–Crippen LogP) is 4.75. The summed E-state index contributed by atoms with van der Waals surface area (Å²) in [5.74, 6) is 0.319. The molecule has 0 radical (unpaired) electrons. The summed E-state index contributed by atoms with van der Waals surface area (Å²) in [5, 5.41) is 3.08. The Bertz CT molecular complexity index is 1210. The van der Waals surface area contributed by atoms with E-state index in [0.717, 1.165) is 36.8 Å². The number of pyridine rings is 1. The van der Waals surface area contributed by atoms with E-state index in [1.807, 2.05) is 37.3 Å². The Morgan fingerprint density at radius 1 is 0.944 bits per heavy atom. The molecule has 4 rings (SSSR count). The van der Waals surface area contributed by atoms with Gasteiger partial charge in [-0.1, -0.05) is 54.1 Å². The first-order chi connectivity index (χ1) is 17.4. The van der Waals surface area contributed by atoms with Gasteiger partial charge in [-0.2, -0.15) is 4.31 Å². The SMILES string of the molecule is Cc1ccc(CNC(=O)C2CCC(CN(CCc3cccnc3)S(=O)(=O)c3ccccc3)CC2)cc1. The zero-order valence-corrected chi connectivity index (χ0v) is 21.7. The molecule has 0 unspecified atom stereocenters. The van der Waals surface area contributed by atoms with Crippen LogP contribution in [0, 0.1) is 18.8 Å². The molecule has 1 aliphatic rings. The Balaban J connectivity index is 1.35. The summed E-state index contributed by atoms with van der Waals surface area (Å²) in [6.45, 7) is 3.46. The molecule has 0 aliphatic heterocycles. The van der Waals surface area contributed by atoms with Crippen molar-refractivity contribution in [1.82, 2.24) is 14.6 Å². The quantitative estimate of drug-likeness (QED) is 0.431. The summed E-state index contributed by atoms with van der Waals surface area (Å²) in [4.78, 5) is 17.2. The van der Waals surface area contributed by atoms with Crippen molar-refractivity contribution in [2.45, 2.75) is 50.5 Å². The maximum Gasteiger partial charge on any atom is 0.243 e. The summed E-state index contributed by atoms with van der Waals surface area (Å²) in [7, 11) is -3.61. The van der Waals surface area contributed by atoms with Crippen LogP contribution in [0.3, 0.4) is 0 Å². The molecule has 190 valence electrons. The molecule has 1 aliphatic carbocycles. The van der Waals surface area contributed by atoms with Gasteiger partial charge in [-0.15, -0.1) is 0 Å². The Morgan fingerprint density at radius 3 is 2.33 bits per heavy atom. The second kappa shape index (κ2) is 12.3. The van der Waals surface area contributed by atoms with Crippen LogP contribution in [0.1, 0.15) is 42.4 Å². The van der Waals surface area contributed by atoms with Crippen LogP contribution in [-0.4, -0.2) is 36.7 Å². The van der Waals surface area contributed by atoms with Gasteiger partial charge in [-0.3, -0.25) is 9.78 Å². The number of aromatic nitrogens is 1. The van der Waals surface area contributed by atoms with Gasteiger partial charge in [0.05, 0.1) is 4.90 Å². The fraction of sp³-hybridized carbons (Fsp3) is 0.379. The summed E-state index contributed by atoms with van der Waals surface area (Å²) in [6, 6.07) is 20.7. The van der Waals surface area contributed by atoms with E-state index in [4.69, 9.17) is 0 Å². The highest BCUT2D eigenvalue weighted by Crippen LogP contribution is 2.31. The maximum absolute atomic E-state index is 13.5. The van der Waals surface area contributed by atoms with E-state index in [2.05, 4.69) is 22.4 Å². The van der Waals surface area contributed by atoms with Crippen molar-refractivity contribution >= 4 is 15.9 Å². The molecular weight excluding hydrogens is 470 g/mol. The first-order valence-electron chi connectivity index (χ1n) is 12.7. The molecule has 3 aromatic rings. The van der Waals surface area contributed by atoms with Gasteiger partial charge in [0.2, 0.25) is 15.9 Å². The van der Waals surface area contributed by atoms with E-state index in [9.17, 15) is 13.2 Å². The largest absolute Gasteiger partial charge is 0.352 e. The molecule has 1 heterocycles. The number of rotatable bonds is 10. The Kier molecular flexibility index (Phi) is 8.88. The monoisotopic (exact) mass is 505 g/mol. The number of benzene rings is 2. The van der Waals surface area contributed by atoms with Gasteiger partial charge in [0, 0.05) is 37.9 Å². The van der Waals surface area contributed by atoms with E-state index >= 15 is 0 Å². The first kappa shape index (κ1) is 26.0. The second-order valence-corrected chi connectivity index (χ2v) is 11.6. The molecule has 1 amide bonds. The van der Waals surface area contributed by atoms with Crippen molar-refractivity contribution in [2.75, 3.05) is 13.1 Å². The third kappa shape index (κ3) is 7.02. The molecule has 1 aromatic heterocycles. The van der Waals surface area contributed by atoms with Crippen molar-refractivity contribution in [2.24, 2.45) is 11.8 Å². The smallest absolute Gasteiger partial charge is 0.243 e. The lowest BCUT2D eigenvalue weighted by Gasteiger charge is -2.32. The number of sulfonamides is 1. The Morgan fingerprint density at radius 2 is 1.67 bits per heavy atom. The summed E-state index contributed by atoms with van der Waals surface area (Å²) in [6.07, 6.45) is 7.37. The van der Waals surface area contributed by atoms with Crippen LogP contribution in [0.2, 0.25) is 0 Å². The van der Waals surface area contributed by atoms with Gasteiger partial charge < -0.3 is 5.32 Å². The summed E-state index contributed by atoms with van der Waals surface area (Å²) >= 11 is 0. The standard InChI is InChI=1S/C29H35N3O3S/c1-23-9-11-25(12-10-23)21-31-29(33)27-15-13-26(14-16-27)22-32(19-17-24-6-5-18-30-20-24)36(34,35)28-7-3-2-4-8-28/h2-12,18,20,26-27H,13-17,19,21-22H2,1H3,(H,31,33). The van der Waals surface area contributed by atoms with E-state index in [-0.39, 0.29) is 17.7 Å². The third-order valence-corrected chi connectivity index (χ3v) is 8.90. The number of aryl methyl sites for hydroxylation is 1. The maximum atomic E-state index is 13.5. The zero-order chi connectivity index (χ0) is 25.4. The van der Waals surface area contributed by atoms with Crippen LogP contribution in [0.15, 0.2) is 84.0 Å². The zero-order valence-electron chi connectivity index (χ0n) is 20.8. The molecule has 0 atom stereocenters. The number of amides is 1. The van der Waals surface area contributed by atoms with Crippen LogP contribution in [-0.2, 0) is 27.8 Å². The lowest BCUT2D eigenvalue weighted by atomic mass is 9.81. The molecule has 6 nitrogen and oxygen atoms in total. The molecule has 36 heavy (non-hydrogen) atoms. The van der Waals surface area contributed by atoms with Crippen LogP contribution >= 0.6 is 0 Å². The minimum Gasteiger partial charge on any atom is -0.352 e. The molecule has 2 aromatic carbocycles. The van der Waals surface area contributed by atoms with Crippen LogP contribution in [0.4, 0.5) is 0 Å². The minimum absolute atomic E-state index is 0.0127. The summed E-state index contributed by atoms with van der Waals surface area (Å²) in [5.41, 5.74) is 3.31. The molecular formula is C29H35N3O3S. The van der Waals surface area contributed by atoms with Crippen molar-refractivity contribution in [3.63, 3.8) is 0 Å². The Labute approximate surface area is 214 Å². The average molecular weight is 506 g/mol. The molecule has 7 heteroatoms. The van der Waals surface area contributed by atoms with E-state index in [0.29, 0.717) is 31.0 Å². The highest BCUT2D eigenvalue weighted by molar-refractivity contribution is 7.89. The molecule has 0 spiro atoms. The van der Waals surface area contributed by atoms with Crippen molar-refractivity contribution in [1.29, 1.82) is 0 Å². The van der Waals surface area contributed by atoms with E-state index in [1.54, 1.807) is 41.0 Å². The van der Waals surface area contributed by atoms with Crippen molar-refractivity contribution in [3.05, 3.63) is 95.8 Å². The average Bonchev–Trinajstić information content (AvgIpc) is 2.92. The van der Waals surface area contributed by atoms with Crippen LogP contribution < -0.4 is 5.32 Å². The topological polar surface area (TPSA) is 79.4 Å². The fourth-order valence-electron chi connectivity index (χ4n) is 4.79. The van der Waals surface area contributed by atoms with Crippen molar-refractivity contribution in [3.8, 4) is 0 Å². The molecule has 0 bridgehead atoms. The number of carbonyl (C=O) groups excluding carboxylic acids is 1. The van der Waals surface area contributed by atoms with Gasteiger partial charge >= 0.3 is 0 Å². The Hall–Kier alpha value is -3.03. The lowest BCUT2D eigenvalue weighted by Crippen LogP contribution is -2.39. The molecule has 1 N–H and O–H groups in total.